The van der Waals surface area contributed by atoms with Gasteiger partial charge in [-0.25, -0.2) is 0 Å². The monoisotopic (exact) mass is 333 g/mol. The summed E-state index contributed by atoms with van der Waals surface area (Å²) in [7, 11) is 1.82. The Hall–Kier alpha value is -2.01. The lowest BCUT2D eigenvalue weighted by molar-refractivity contribution is 0.102. The second kappa shape index (κ2) is 6.62. The van der Waals surface area contributed by atoms with Gasteiger partial charge in [0.25, 0.3) is 5.91 Å². The Morgan fingerprint density at radius 2 is 2.09 bits per heavy atom. The average Bonchev–Trinajstić information content (AvgIpc) is 2.93. The number of hydrogen-bond donors (Lipinski definition) is 2. The fourth-order valence-corrected chi connectivity index (χ4v) is 3.32. The third-order valence-electron chi connectivity index (χ3n) is 4.30. The lowest BCUT2D eigenvalue weighted by atomic mass is 9.85. The fraction of sp³-hybridized carbons (Fsp3) is 0.412. The number of halogens is 1. The topological polar surface area (TPSA) is 67.2 Å². The molecule has 1 aromatic carbocycles. The number of nitrogens with one attached hydrogen (secondary N) is 1. The van der Waals surface area contributed by atoms with Crippen molar-refractivity contribution in [2.75, 3.05) is 5.32 Å². The van der Waals surface area contributed by atoms with Gasteiger partial charge in [0, 0.05) is 30.3 Å². The molecule has 0 saturated heterocycles. The highest BCUT2D eigenvalue weighted by molar-refractivity contribution is 6.30. The molecule has 0 unspecified atom stereocenters. The second-order valence-electron chi connectivity index (χ2n) is 6.05. The summed E-state index contributed by atoms with van der Waals surface area (Å²) in [6.45, 7) is 0. The number of aromatic nitrogens is 2. The van der Waals surface area contributed by atoms with Gasteiger partial charge in [0.1, 0.15) is 5.75 Å². The smallest absolute Gasteiger partial charge is 0.259 e. The number of benzene rings is 1. The molecule has 0 radical (unpaired) electrons. The first kappa shape index (κ1) is 15.9. The summed E-state index contributed by atoms with van der Waals surface area (Å²) < 4.78 is 1.68. The molecule has 122 valence electrons. The van der Waals surface area contributed by atoms with E-state index in [-0.39, 0.29) is 11.7 Å². The predicted octanol–water partition coefficient (Wildman–Crippen LogP) is 4.08. The Morgan fingerprint density at radius 1 is 1.35 bits per heavy atom. The van der Waals surface area contributed by atoms with E-state index in [2.05, 4.69) is 10.4 Å². The largest absolute Gasteiger partial charge is 0.506 e. The van der Waals surface area contributed by atoms with Gasteiger partial charge >= 0.3 is 0 Å². The van der Waals surface area contributed by atoms with Crippen molar-refractivity contribution < 1.29 is 9.90 Å². The molecule has 0 bridgehead atoms. The van der Waals surface area contributed by atoms with Crippen LogP contribution in [0.3, 0.4) is 0 Å². The van der Waals surface area contributed by atoms with Crippen LogP contribution in [-0.2, 0) is 7.05 Å². The third kappa shape index (κ3) is 3.50. The summed E-state index contributed by atoms with van der Waals surface area (Å²) in [5, 5.41) is 17.6. The van der Waals surface area contributed by atoms with E-state index in [0.717, 1.165) is 18.5 Å². The molecular weight excluding hydrogens is 314 g/mol. The molecule has 2 N–H and O–H groups in total. The number of aryl methyl sites for hydroxylation is 1. The minimum Gasteiger partial charge on any atom is -0.506 e. The van der Waals surface area contributed by atoms with Gasteiger partial charge in [0.05, 0.1) is 16.9 Å². The lowest BCUT2D eigenvalue weighted by Gasteiger charge is -2.20. The number of hydrogen-bond acceptors (Lipinski definition) is 3. The Kier molecular flexibility index (Phi) is 4.57. The highest BCUT2D eigenvalue weighted by Crippen LogP contribution is 2.34. The van der Waals surface area contributed by atoms with Gasteiger partial charge in [0.2, 0.25) is 0 Å². The number of phenols is 1. The summed E-state index contributed by atoms with van der Waals surface area (Å²) in [5.74, 6) is 0.0368. The van der Waals surface area contributed by atoms with Crippen LogP contribution in [0.25, 0.3) is 0 Å². The molecule has 3 rings (SSSR count). The van der Waals surface area contributed by atoms with Crippen molar-refractivity contribution in [3.8, 4) is 5.75 Å². The summed E-state index contributed by atoms with van der Waals surface area (Å²) >= 11 is 5.81. The zero-order chi connectivity index (χ0) is 16.4. The second-order valence-corrected chi connectivity index (χ2v) is 6.49. The van der Waals surface area contributed by atoms with Crippen molar-refractivity contribution in [1.29, 1.82) is 0 Å². The van der Waals surface area contributed by atoms with Crippen LogP contribution in [0.4, 0.5) is 5.69 Å². The number of carbonyl (C=O) groups excluding carboxylic acids is 1. The average molecular weight is 334 g/mol. The molecule has 1 heterocycles. The van der Waals surface area contributed by atoms with E-state index in [1.807, 2.05) is 7.05 Å². The van der Waals surface area contributed by atoms with Crippen LogP contribution < -0.4 is 5.32 Å². The van der Waals surface area contributed by atoms with Crippen LogP contribution in [0.2, 0.25) is 5.02 Å². The number of anilines is 1. The van der Waals surface area contributed by atoms with Gasteiger partial charge in [-0.2, -0.15) is 5.10 Å². The molecule has 1 amide bonds. The Bertz CT molecular complexity index is 721. The standard InChI is InChI=1S/C17H20ClN3O2/c1-21-10-13(16(20-21)11-5-3-2-4-6-11)17(23)19-14-8-7-12(18)9-15(14)22/h7-11,22H,2-6H2,1H3,(H,19,23). The molecule has 0 aliphatic heterocycles. The lowest BCUT2D eigenvalue weighted by Crippen LogP contribution is -2.16. The van der Waals surface area contributed by atoms with E-state index in [9.17, 15) is 9.90 Å². The van der Waals surface area contributed by atoms with E-state index in [1.165, 1.54) is 25.3 Å². The number of nitrogens with zero attached hydrogens (tertiary/aromatic N) is 2. The molecule has 1 aliphatic rings. The van der Waals surface area contributed by atoms with Crippen LogP contribution >= 0.6 is 11.6 Å². The SMILES string of the molecule is Cn1cc(C(=O)Nc2ccc(Cl)cc2O)c(C2CCCCC2)n1. The van der Waals surface area contributed by atoms with E-state index in [0.29, 0.717) is 22.2 Å². The molecule has 23 heavy (non-hydrogen) atoms. The number of amides is 1. The zero-order valence-corrected chi connectivity index (χ0v) is 13.8. The molecular formula is C17H20ClN3O2. The minimum absolute atomic E-state index is 0.0473. The summed E-state index contributed by atoms with van der Waals surface area (Å²) in [5.41, 5.74) is 1.78. The molecule has 0 atom stereocenters. The normalized spacial score (nSPS) is 15.6. The maximum atomic E-state index is 12.6. The number of aromatic hydroxyl groups is 1. The van der Waals surface area contributed by atoms with Gasteiger partial charge in [-0.1, -0.05) is 30.9 Å². The van der Waals surface area contributed by atoms with Crippen molar-refractivity contribution >= 4 is 23.2 Å². The van der Waals surface area contributed by atoms with E-state index < -0.39 is 0 Å². The molecule has 1 aromatic heterocycles. The predicted molar refractivity (Wildman–Crippen MR) is 90.1 cm³/mol. The van der Waals surface area contributed by atoms with Crippen LogP contribution in [-0.4, -0.2) is 20.8 Å². The zero-order valence-electron chi connectivity index (χ0n) is 13.1. The molecule has 2 aromatic rings. The van der Waals surface area contributed by atoms with Crippen LogP contribution in [0.1, 0.15) is 54.1 Å². The maximum Gasteiger partial charge on any atom is 0.259 e. The van der Waals surface area contributed by atoms with Crippen molar-refractivity contribution in [2.45, 2.75) is 38.0 Å². The Labute approximate surface area is 140 Å². The molecule has 1 aliphatic carbocycles. The molecule has 6 heteroatoms. The Morgan fingerprint density at radius 3 is 2.78 bits per heavy atom. The highest BCUT2D eigenvalue weighted by atomic mass is 35.5. The van der Waals surface area contributed by atoms with Crippen molar-refractivity contribution in [2.24, 2.45) is 7.05 Å². The third-order valence-corrected chi connectivity index (χ3v) is 4.54. The first-order valence-corrected chi connectivity index (χ1v) is 8.26. The van der Waals surface area contributed by atoms with E-state index in [4.69, 9.17) is 11.6 Å². The van der Waals surface area contributed by atoms with Crippen LogP contribution in [0, 0.1) is 0 Å². The fourth-order valence-electron chi connectivity index (χ4n) is 3.16. The minimum atomic E-state index is -0.253. The first-order valence-electron chi connectivity index (χ1n) is 7.88. The van der Waals surface area contributed by atoms with E-state index >= 15 is 0 Å². The molecule has 1 fully saturated rings. The van der Waals surface area contributed by atoms with Crippen molar-refractivity contribution in [3.63, 3.8) is 0 Å². The van der Waals surface area contributed by atoms with Crippen molar-refractivity contribution in [1.82, 2.24) is 9.78 Å². The summed E-state index contributed by atoms with van der Waals surface area (Å²) in [6.07, 6.45) is 7.50. The van der Waals surface area contributed by atoms with E-state index in [1.54, 1.807) is 23.0 Å². The van der Waals surface area contributed by atoms with Gasteiger partial charge in [-0.15, -0.1) is 0 Å². The van der Waals surface area contributed by atoms with Gasteiger partial charge in [-0.3, -0.25) is 9.48 Å². The Balaban J connectivity index is 1.84. The maximum absolute atomic E-state index is 12.6. The highest BCUT2D eigenvalue weighted by Gasteiger charge is 2.25. The molecule has 1 saturated carbocycles. The first-order chi connectivity index (χ1) is 11.0. The van der Waals surface area contributed by atoms with Crippen LogP contribution in [0.5, 0.6) is 5.75 Å². The van der Waals surface area contributed by atoms with Gasteiger partial charge in [-0.05, 0) is 25.0 Å². The quantitative estimate of drug-likeness (QED) is 0.832. The number of rotatable bonds is 3. The summed E-state index contributed by atoms with van der Waals surface area (Å²) in [6, 6.07) is 4.62. The van der Waals surface area contributed by atoms with Crippen LogP contribution in [0.15, 0.2) is 24.4 Å². The summed E-state index contributed by atoms with van der Waals surface area (Å²) in [4.78, 5) is 12.6. The number of phenolic OH excluding ortho intramolecular Hbond substituents is 1. The van der Waals surface area contributed by atoms with Gasteiger partial charge < -0.3 is 10.4 Å². The number of carbonyl (C=O) groups is 1. The van der Waals surface area contributed by atoms with Gasteiger partial charge in [0.15, 0.2) is 0 Å². The molecule has 5 nitrogen and oxygen atoms in total. The molecule has 0 spiro atoms. The van der Waals surface area contributed by atoms with Crippen molar-refractivity contribution in [3.05, 3.63) is 40.7 Å².